The maximum Gasteiger partial charge on any atom is 0.343 e. The van der Waals surface area contributed by atoms with Gasteiger partial charge >= 0.3 is 5.97 Å². The van der Waals surface area contributed by atoms with Crippen LogP contribution in [0.4, 0.5) is 0 Å². The number of rotatable bonds is 9. The van der Waals surface area contributed by atoms with Crippen molar-refractivity contribution in [2.24, 2.45) is 5.10 Å². The zero-order chi connectivity index (χ0) is 33.1. The maximum absolute atomic E-state index is 13.6. The number of hydrogen-bond donors (Lipinski definition) is 2. The minimum absolute atomic E-state index is 0.150. The second kappa shape index (κ2) is 14.5. The van der Waals surface area contributed by atoms with E-state index in [1.54, 1.807) is 30.3 Å². The molecule has 1 heterocycles. The largest absolute Gasteiger partial charge is 0.493 e. The number of hydrazone groups is 1. The molecule has 5 rings (SSSR count). The molecular weight excluding hydrogens is 833 g/mol. The van der Waals surface area contributed by atoms with E-state index >= 15 is 0 Å². The van der Waals surface area contributed by atoms with Crippen LogP contribution in [0, 0.1) is 0 Å². The van der Waals surface area contributed by atoms with Gasteiger partial charge in [0.25, 0.3) is 5.91 Å². The van der Waals surface area contributed by atoms with Crippen LogP contribution < -0.4 is 24.4 Å². The number of carbonyl (C=O) groups is 2. The lowest BCUT2D eigenvalue weighted by molar-refractivity contribution is 0.0732. The molecule has 236 valence electrons. The average molecular weight is 855 g/mol. The average Bonchev–Trinajstić information content (AvgIpc) is 3.41. The fourth-order valence-corrected chi connectivity index (χ4v) is 7.11. The number of H-pyrrole nitrogens is 1. The Balaban J connectivity index is 1.47. The topological polar surface area (TPSA) is 111 Å². The summed E-state index contributed by atoms with van der Waals surface area (Å²) in [6.45, 7) is 0. The number of carbonyl (C=O) groups excluding carboxylic acids is 2. The van der Waals surface area contributed by atoms with Gasteiger partial charge in [-0.2, -0.15) is 5.10 Å². The zero-order valence-corrected chi connectivity index (χ0v) is 30.4. The Bertz CT molecular complexity index is 2010. The summed E-state index contributed by atoms with van der Waals surface area (Å²) in [5.74, 6) is -0.201. The van der Waals surface area contributed by atoms with Crippen LogP contribution in [0.3, 0.4) is 0 Å². The summed E-state index contributed by atoms with van der Waals surface area (Å²) in [4.78, 5) is 30.0. The van der Waals surface area contributed by atoms with Crippen molar-refractivity contribution in [2.45, 2.75) is 0 Å². The number of nitrogens with zero attached hydrogens (tertiary/aromatic N) is 1. The fourth-order valence-electron chi connectivity index (χ4n) is 4.68. The molecule has 5 aromatic rings. The van der Waals surface area contributed by atoms with Gasteiger partial charge in [0.1, 0.15) is 5.69 Å². The highest BCUT2D eigenvalue weighted by molar-refractivity contribution is 9.11. The summed E-state index contributed by atoms with van der Waals surface area (Å²) < 4.78 is 23.7. The standard InChI is InChI=1S/C32H22Br3Cl2N3O6/c1-43-24-9-15(10-25(44-2)30(24)45-3)32(42)46-29-16(8-17(33)12-21(29)35)14-38-40-31(41)28-26(19-6-4-5-7-22(19)36)20-11-18(34)13-23(37)27(20)39-28/h4-14,39H,1-3H3,(H,40,41). The van der Waals surface area contributed by atoms with Gasteiger partial charge in [-0.3, -0.25) is 4.79 Å². The van der Waals surface area contributed by atoms with E-state index in [4.69, 9.17) is 42.1 Å². The molecule has 1 amide bonds. The fraction of sp³-hybridized carbons (Fsp3) is 0.0938. The molecule has 46 heavy (non-hydrogen) atoms. The second-order valence-corrected chi connectivity index (χ2v) is 13.0. The third-order valence-electron chi connectivity index (χ3n) is 6.70. The quantitative estimate of drug-likeness (QED) is 0.0662. The number of hydrogen-bond acceptors (Lipinski definition) is 7. The van der Waals surface area contributed by atoms with Gasteiger partial charge in [-0.25, -0.2) is 10.2 Å². The van der Waals surface area contributed by atoms with E-state index in [0.717, 1.165) is 4.47 Å². The third-order valence-corrected chi connectivity index (χ3v) is 8.83. The number of halogens is 5. The monoisotopic (exact) mass is 851 g/mol. The van der Waals surface area contributed by atoms with Gasteiger partial charge in [0, 0.05) is 36.0 Å². The number of ether oxygens (including phenoxy) is 4. The Morgan fingerprint density at radius 3 is 2.17 bits per heavy atom. The summed E-state index contributed by atoms with van der Waals surface area (Å²) in [6, 6.07) is 17.1. The molecule has 0 aliphatic carbocycles. The first-order valence-corrected chi connectivity index (χ1v) is 16.3. The molecule has 14 heteroatoms. The lowest BCUT2D eigenvalue weighted by atomic mass is 10.0. The molecular formula is C32H22Br3Cl2N3O6. The highest BCUT2D eigenvalue weighted by atomic mass is 79.9. The first kappa shape index (κ1) is 33.8. The minimum atomic E-state index is -0.702. The van der Waals surface area contributed by atoms with Gasteiger partial charge in [-0.1, -0.05) is 73.3 Å². The van der Waals surface area contributed by atoms with Crippen LogP contribution in [-0.2, 0) is 0 Å². The van der Waals surface area contributed by atoms with E-state index in [1.807, 2.05) is 18.2 Å². The second-order valence-electron chi connectivity index (χ2n) is 9.47. The minimum Gasteiger partial charge on any atom is -0.493 e. The Morgan fingerprint density at radius 1 is 0.848 bits per heavy atom. The smallest absolute Gasteiger partial charge is 0.343 e. The Morgan fingerprint density at radius 2 is 1.52 bits per heavy atom. The number of fused-ring (bicyclic) bond motifs is 1. The van der Waals surface area contributed by atoms with Gasteiger partial charge in [0.05, 0.1) is 48.1 Å². The van der Waals surface area contributed by atoms with Crippen molar-refractivity contribution >= 4 is 100.0 Å². The predicted octanol–water partition coefficient (Wildman–Crippen LogP) is 9.44. The van der Waals surface area contributed by atoms with Gasteiger partial charge in [0.15, 0.2) is 17.2 Å². The van der Waals surface area contributed by atoms with E-state index in [9.17, 15) is 9.59 Å². The summed E-state index contributed by atoms with van der Waals surface area (Å²) in [6.07, 6.45) is 1.35. The molecule has 0 saturated carbocycles. The van der Waals surface area contributed by atoms with Crippen molar-refractivity contribution in [3.8, 4) is 34.1 Å². The molecule has 0 aliphatic heterocycles. The van der Waals surface area contributed by atoms with Crippen molar-refractivity contribution in [3.05, 3.63) is 101 Å². The van der Waals surface area contributed by atoms with E-state index in [-0.39, 0.29) is 28.5 Å². The Labute approximate surface area is 298 Å². The van der Waals surface area contributed by atoms with E-state index in [1.165, 1.54) is 39.7 Å². The Hall–Kier alpha value is -3.55. The highest BCUT2D eigenvalue weighted by Crippen LogP contribution is 2.41. The molecule has 1 aromatic heterocycles. The molecule has 0 bridgehead atoms. The van der Waals surface area contributed by atoms with Crippen LogP contribution >= 0.6 is 71.0 Å². The van der Waals surface area contributed by atoms with Crippen molar-refractivity contribution in [1.29, 1.82) is 0 Å². The van der Waals surface area contributed by atoms with E-state index in [0.29, 0.717) is 52.3 Å². The van der Waals surface area contributed by atoms with Crippen LogP contribution in [-0.4, -0.2) is 44.4 Å². The number of aromatic amines is 1. The SMILES string of the molecule is COc1cc(C(=O)Oc2c(Br)cc(Br)cc2C=NNC(=O)c2[nH]c3c(Cl)cc(Br)cc3c2-c2ccccc2Cl)cc(OC)c1OC. The Kier molecular flexibility index (Phi) is 10.6. The van der Waals surface area contributed by atoms with Crippen LogP contribution in [0.15, 0.2) is 79.2 Å². The molecule has 0 fully saturated rings. The first-order chi connectivity index (χ1) is 22.1. The van der Waals surface area contributed by atoms with Crippen LogP contribution in [0.1, 0.15) is 26.4 Å². The molecule has 9 nitrogen and oxygen atoms in total. The van der Waals surface area contributed by atoms with Crippen LogP contribution in [0.25, 0.3) is 22.0 Å². The molecule has 4 aromatic carbocycles. The highest BCUT2D eigenvalue weighted by Gasteiger charge is 2.23. The molecule has 0 saturated heterocycles. The molecule has 0 unspecified atom stereocenters. The van der Waals surface area contributed by atoms with Gasteiger partial charge in [-0.05, 0) is 58.4 Å². The number of esters is 1. The van der Waals surface area contributed by atoms with E-state index in [2.05, 4.69) is 63.3 Å². The van der Waals surface area contributed by atoms with Gasteiger partial charge in [0.2, 0.25) is 5.75 Å². The predicted molar refractivity (Wildman–Crippen MR) is 189 cm³/mol. The van der Waals surface area contributed by atoms with Gasteiger partial charge in [-0.15, -0.1) is 0 Å². The summed E-state index contributed by atoms with van der Waals surface area (Å²) in [5, 5.41) is 5.74. The van der Waals surface area contributed by atoms with Crippen molar-refractivity contribution in [1.82, 2.24) is 10.4 Å². The molecule has 0 radical (unpaired) electrons. The number of methoxy groups -OCH3 is 3. The van der Waals surface area contributed by atoms with Crippen molar-refractivity contribution < 1.29 is 28.5 Å². The third kappa shape index (κ3) is 6.91. The van der Waals surface area contributed by atoms with Crippen molar-refractivity contribution in [2.75, 3.05) is 21.3 Å². The number of amides is 1. The lowest BCUT2D eigenvalue weighted by Crippen LogP contribution is -2.19. The summed E-state index contributed by atoms with van der Waals surface area (Å²) >= 11 is 23.4. The van der Waals surface area contributed by atoms with Crippen LogP contribution in [0.5, 0.6) is 23.0 Å². The normalized spacial score (nSPS) is 11.1. The van der Waals surface area contributed by atoms with Gasteiger partial charge < -0.3 is 23.9 Å². The molecule has 0 spiro atoms. The lowest BCUT2D eigenvalue weighted by Gasteiger charge is -2.15. The maximum atomic E-state index is 13.6. The summed E-state index contributed by atoms with van der Waals surface area (Å²) in [5.41, 5.74) is 5.02. The number of benzene rings is 4. The van der Waals surface area contributed by atoms with E-state index < -0.39 is 11.9 Å². The number of nitrogens with one attached hydrogen (secondary N) is 2. The van der Waals surface area contributed by atoms with Crippen molar-refractivity contribution in [3.63, 3.8) is 0 Å². The van der Waals surface area contributed by atoms with Crippen LogP contribution in [0.2, 0.25) is 10.0 Å². The first-order valence-electron chi connectivity index (χ1n) is 13.2. The molecule has 2 N–H and O–H groups in total. The zero-order valence-electron chi connectivity index (χ0n) is 24.1. The summed E-state index contributed by atoms with van der Waals surface area (Å²) in [7, 11) is 4.36. The molecule has 0 atom stereocenters. The number of aromatic nitrogens is 1. The molecule has 0 aliphatic rings.